The first-order valence-corrected chi connectivity index (χ1v) is 8.70. The van der Waals surface area contributed by atoms with Crippen molar-refractivity contribution in [3.05, 3.63) is 71.0 Å². The standard InChI is InChI=1S/C20H17F8N.ClH/c1-17(13-6-8-15(21)9-7-13)11-29-10-16(17)12-2-4-14(5-3-12)18(22,19(23,24)25)20(26,27)28;/h2-9,16,29H,10-11H2,1H3;1H/t16-,17+;/m0./s1. The topological polar surface area (TPSA) is 12.0 Å². The molecule has 2 atom stereocenters. The predicted octanol–water partition coefficient (Wildman–Crippen LogP) is 6.18. The quantitative estimate of drug-likeness (QED) is 0.540. The fraction of sp³-hybridized carbons (Fsp3) is 0.400. The average molecular weight is 460 g/mol. The predicted molar refractivity (Wildman–Crippen MR) is 97.9 cm³/mol. The van der Waals surface area contributed by atoms with E-state index in [0.29, 0.717) is 30.8 Å². The highest BCUT2D eigenvalue weighted by atomic mass is 35.5. The molecule has 30 heavy (non-hydrogen) atoms. The number of nitrogens with one attached hydrogen (secondary N) is 1. The summed E-state index contributed by atoms with van der Waals surface area (Å²) in [5.41, 5.74) is -6.32. The summed E-state index contributed by atoms with van der Waals surface area (Å²) in [6.45, 7) is 2.75. The summed E-state index contributed by atoms with van der Waals surface area (Å²) in [6.07, 6.45) is -12.3. The van der Waals surface area contributed by atoms with Gasteiger partial charge in [-0.05, 0) is 23.3 Å². The van der Waals surface area contributed by atoms with Gasteiger partial charge in [-0.3, -0.25) is 0 Å². The first kappa shape index (κ1) is 24.4. The van der Waals surface area contributed by atoms with Gasteiger partial charge in [0.05, 0.1) is 0 Å². The maximum Gasteiger partial charge on any atom is 0.435 e. The molecule has 1 aliphatic rings. The van der Waals surface area contributed by atoms with E-state index in [2.05, 4.69) is 5.32 Å². The van der Waals surface area contributed by atoms with Gasteiger partial charge in [-0.1, -0.05) is 43.3 Å². The van der Waals surface area contributed by atoms with Crippen LogP contribution in [-0.4, -0.2) is 25.4 Å². The molecule has 0 unspecified atom stereocenters. The van der Waals surface area contributed by atoms with Gasteiger partial charge in [-0.25, -0.2) is 8.78 Å². The molecule has 1 saturated heterocycles. The lowest BCUT2D eigenvalue weighted by Crippen LogP contribution is -2.50. The molecule has 0 spiro atoms. The molecule has 1 fully saturated rings. The Morgan fingerprint density at radius 2 is 1.33 bits per heavy atom. The molecular weight excluding hydrogens is 442 g/mol. The van der Waals surface area contributed by atoms with Crippen molar-refractivity contribution in [3.63, 3.8) is 0 Å². The van der Waals surface area contributed by atoms with E-state index >= 15 is 0 Å². The van der Waals surface area contributed by atoms with Crippen LogP contribution in [0.3, 0.4) is 0 Å². The van der Waals surface area contributed by atoms with Crippen molar-refractivity contribution in [2.75, 3.05) is 13.1 Å². The Labute approximate surface area is 173 Å². The maximum absolute atomic E-state index is 14.2. The van der Waals surface area contributed by atoms with Crippen molar-refractivity contribution in [2.45, 2.75) is 36.3 Å². The van der Waals surface area contributed by atoms with E-state index < -0.39 is 34.8 Å². The molecule has 0 aliphatic carbocycles. The summed E-state index contributed by atoms with van der Waals surface area (Å²) >= 11 is 0. The van der Waals surface area contributed by atoms with Gasteiger partial charge in [0.25, 0.3) is 0 Å². The van der Waals surface area contributed by atoms with E-state index in [4.69, 9.17) is 0 Å². The summed E-state index contributed by atoms with van der Waals surface area (Å²) < 4.78 is 105. The second-order valence-electron chi connectivity index (χ2n) is 7.38. The second kappa shape index (κ2) is 8.00. The van der Waals surface area contributed by atoms with E-state index in [9.17, 15) is 35.1 Å². The zero-order chi connectivity index (χ0) is 21.7. The normalized spacial score (nSPS) is 22.6. The van der Waals surface area contributed by atoms with Crippen LogP contribution in [0.25, 0.3) is 0 Å². The first-order chi connectivity index (χ1) is 13.3. The molecular formula is C20H18ClF8N. The summed E-state index contributed by atoms with van der Waals surface area (Å²) in [7, 11) is 0. The Morgan fingerprint density at radius 3 is 1.80 bits per heavy atom. The van der Waals surface area contributed by atoms with Crippen molar-refractivity contribution in [1.29, 1.82) is 0 Å². The molecule has 0 aromatic heterocycles. The monoisotopic (exact) mass is 459 g/mol. The molecule has 2 aromatic carbocycles. The van der Waals surface area contributed by atoms with Crippen LogP contribution >= 0.6 is 12.4 Å². The lowest BCUT2D eigenvalue weighted by atomic mass is 9.71. The fourth-order valence-corrected chi connectivity index (χ4v) is 3.88. The van der Waals surface area contributed by atoms with Crippen LogP contribution in [0, 0.1) is 5.82 Å². The van der Waals surface area contributed by atoms with Crippen molar-refractivity contribution >= 4 is 12.4 Å². The molecule has 0 radical (unpaired) electrons. The molecule has 10 heteroatoms. The number of rotatable bonds is 3. The van der Waals surface area contributed by atoms with E-state index in [-0.39, 0.29) is 18.3 Å². The number of halogens is 9. The van der Waals surface area contributed by atoms with Crippen LogP contribution in [-0.2, 0) is 11.1 Å². The van der Waals surface area contributed by atoms with Crippen molar-refractivity contribution in [3.8, 4) is 0 Å². The smallest absolute Gasteiger partial charge is 0.315 e. The van der Waals surface area contributed by atoms with Crippen LogP contribution < -0.4 is 5.32 Å². The van der Waals surface area contributed by atoms with Gasteiger partial charge in [-0.15, -0.1) is 12.4 Å². The Balaban J connectivity index is 0.00000320. The van der Waals surface area contributed by atoms with Gasteiger partial charge in [0, 0.05) is 30.0 Å². The summed E-state index contributed by atoms with van der Waals surface area (Å²) in [5, 5.41) is 3.14. The molecule has 1 nitrogen and oxygen atoms in total. The van der Waals surface area contributed by atoms with E-state index in [0.717, 1.165) is 17.7 Å². The molecule has 2 aromatic rings. The number of hydrogen-bond donors (Lipinski definition) is 1. The highest BCUT2D eigenvalue weighted by Gasteiger charge is 2.73. The van der Waals surface area contributed by atoms with Crippen LogP contribution in [0.15, 0.2) is 48.5 Å². The minimum atomic E-state index is -6.15. The number of alkyl halides is 7. The molecule has 0 bridgehead atoms. The largest absolute Gasteiger partial charge is 0.435 e. The third-order valence-electron chi connectivity index (χ3n) is 5.61. The summed E-state index contributed by atoms with van der Waals surface area (Å²) in [5.74, 6) is -0.740. The maximum atomic E-state index is 14.2. The van der Waals surface area contributed by atoms with Crippen molar-refractivity contribution in [1.82, 2.24) is 5.32 Å². The molecule has 166 valence electrons. The first-order valence-electron chi connectivity index (χ1n) is 8.70. The fourth-order valence-electron chi connectivity index (χ4n) is 3.88. The number of benzene rings is 2. The third kappa shape index (κ3) is 3.89. The van der Waals surface area contributed by atoms with Gasteiger partial charge in [-0.2, -0.15) is 26.3 Å². The van der Waals surface area contributed by atoms with E-state index in [1.165, 1.54) is 12.1 Å². The van der Waals surface area contributed by atoms with E-state index in [1.54, 1.807) is 12.1 Å². The minimum absolute atomic E-state index is 0. The molecule has 1 N–H and O–H groups in total. The Hall–Kier alpha value is -1.87. The SMILES string of the molecule is C[C@]1(c2ccc(F)cc2)CNC[C@H]1c1ccc(C(F)(C(F)(F)F)C(F)(F)F)cc1.Cl. The second-order valence-corrected chi connectivity index (χ2v) is 7.38. The van der Waals surface area contributed by atoms with Gasteiger partial charge in [0.15, 0.2) is 0 Å². The Kier molecular flexibility index (Phi) is 6.50. The Morgan fingerprint density at radius 1 is 0.833 bits per heavy atom. The van der Waals surface area contributed by atoms with Gasteiger partial charge < -0.3 is 5.32 Å². The average Bonchev–Trinajstić information content (AvgIpc) is 3.02. The van der Waals surface area contributed by atoms with Crippen LogP contribution in [0.1, 0.15) is 29.5 Å². The van der Waals surface area contributed by atoms with Crippen LogP contribution in [0.2, 0.25) is 0 Å². The van der Waals surface area contributed by atoms with E-state index in [1.807, 2.05) is 6.92 Å². The third-order valence-corrected chi connectivity index (χ3v) is 5.61. The lowest BCUT2D eigenvalue weighted by Gasteiger charge is -2.33. The summed E-state index contributed by atoms with van der Waals surface area (Å²) in [6, 6.07) is 8.96. The van der Waals surface area contributed by atoms with Gasteiger partial charge in [0.1, 0.15) is 5.82 Å². The molecule has 1 aliphatic heterocycles. The highest BCUT2D eigenvalue weighted by Crippen LogP contribution is 2.53. The molecule has 0 amide bonds. The lowest BCUT2D eigenvalue weighted by molar-refractivity contribution is -0.348. The zero-order valence-electron chi connectivity index (χ0n) is 15.5. The minimum Gasteiger partial charge on any atom is -0.315 e. The Bertz CT molecular complexity index is 846. The molecule has 3 rings (SSSR count). The van der Waals surface area contributed by atoms with Crippen LogP contribution in [0.4, 0.5) is 35.1 Å². The molecule has 0 saturated carbocycles. The highest BCUT2D eigenvalue weighted by molar-refractivity contribution is 5.85. The zero-order valence-corrected chi connectivity index (χ0v) is 16.4. The molecule has 1 heterocycles. The van der Waals surface area contributed by atoms with Crippen molar-refractivity contribution < 1.29 is 35.1 Å². The van der Waals surface area contributed by atoms with Crippen LogP contribution in [0.5, 0.6) is 0 Å². The number of hydrogen-bond acceptors (Lipinski definition) is 1. The van der Waals surface area contributed by atoms with Gasteiger partial charge >= 0.3 is 18.0 Å². The summed E-state index contributed by atoms with van der Waals surface area (Å²) in [4.78, 5) is 0. The van der Waals surface area contributed by atoms with Crippen molar-refractivity contribution in [2.24, 2.45) is 0 Å². The van der Waals surface area contributed by atoms with Gasteiger partial charge in [0.2, 0.25) is 0 Å².